The number of ether oxygens (including phenoxy) is 3. The first-order chi connectivity index (χ1) is 8.08. The van der Waals surface area contributed by atoms with Gasteiger partial charge in [-0.25, -0.2) is 4.79 Å². The van der Waals surface area contributed by atoms with Crippen LogP contribution in [-0.4, -0.2) is 32.9 Å². The summed E-state index contributed by atoms with van der Waals surface area (Å²) in [6, 6.07) is 5.29. The average molecular weight is 371 g/mol. The lowest BCUT2D eigenvalue weighted by molar-refractivity contribution is -0.151. The van der Waals surface area contributed by atoms with Gasteiger partial charge >= 0.3 is 5.97 Å². The summed E-state index contributed by atoms with van der Waals surface area (Å²) in [6.07, 6.45) is -0.817. The zero-order valence-electron chi connectivity index (χ0n) is 9.41. The second-order valence-electron chi connectivity index (χ2n) is 3.16. The summed E-state index contributed by atoms with van der Waals surface area (Å²) >= 11 is 8.14. The molecule has 0 spiro atoms. The van der Waals surface area contributed by atoms with E-state index >= 15 is 0 Å². The molecule has 0 N–H and O–H groups in total. The third-order valence-corrected chi connectivity index (χ3v) is 2.91. The lowest BCUT2D eigenvalue weighted by atomic mass is 10.3. The second kappa shape index (κ2) is 7.03. The van der Waals surface area contributed by atoms with Crippen molar-refractivity contribution in [2.75, 3.05) is 20.8 Å². The summed E-state index contributed by atoms with van der Waals surface area (Å²) < 4.78 is 16.0. The number of esters is 1. The van der Waals surface area contributed by atoms with Gasteiger partial charge in [-0.15, -0.1) is 0 Å². The molecule has 1 rings (SSSR count). The van der Waals surface area contributed by atoms with Gasteiger partial charge in [-0.1, -0.05) is 11.6 Å². The van der Waals surface area contributed by atoms with Gasteiger partial charge in [0.1, 0.15) is 5.75 Å². The highest BCUT2D eigenvalue weighted by atomic mass is 127. The molecule has 4 nitrogen and oxygen atoms in total. The van der Waals surface area contributed by atoms with Crippen LogP contribution in [0.1, 0.15) is 0 Å². The Kier molecular flexibility index (Phi) is 6.01. The zero-order valence-corrected chi connectivity index (χ0v) is 12.3. The van der Waals surface area contributed by atoms with Crippen molar-refractivity contribution < 1.29 is 19.0 Å². The molecule has 0 radical (unpaired) electrons. The molecule has 0 fully saturated rings. The van der Waals surface area contributed by atoms with E-state index in [1.165, 1.54) is 14.2 Å². The zero-order chi connectivity index (χ0) is 12.8. The van der Waals surface area contributed by atoms with Crippen LogP contribution in [0.2, 0.25) is 5.02 Å². The van der Waals surface area contributed by atoms with E-state index in [2.05, 4.69) is 27.3 Å². The van der Waals surface area contributed by atoms with Crippen molar-refractivity contribution in [1.82, 2.24) is 0 Å². The molecule has 0 aliphatic rings. The summed E-state index contributed by atoms with van der Waals surface area (Å²) in [5.74, 6) is -0.0685. The molecule has 94 valence electrons. The Morgan fingerprint density at radius 2 is 2.18 bits per heavy atom. The Morgan fingerprint density at radius 3 is 2.71 bits per heavy atom. The van der Waals surface area contributed by atoms with E-state index in [0.717, 1.165) is 3.57 Å². The lowest BCUT2D eigenvalue weighted by Gasteiger charge is -2.16. The standard InChI is InChI=1S/C11H12ClIO4/c1-15-6-10(11(14)16-2)17-9-4-3-7(13)5-8(9)12/h3-5,10H,6H2,1-2H3. The first kappa shape index (κ1) is 14.5. The van der Waals surface area contributed by atoms with E-state index < -0.39 is 12.1 Å². The number of halogens is 2. The predicted molar refractivity (Wildman–Crippen MR) is 72.5 cm³/mol. The molecular weight excluding hydrogens is 358 g/mol. The maximum Gasteiger partial charge on any atom is 0.349 e. The van der Waals surface area contributed by atoms with Crippen LogP contribution >= 0.6 is 34.2 Å². The van der Waals surface area contributed by atoms with Crippen LogP contribution in [-0.2, 0) is 14.3 Å². The Hall–Kier alpha value is -0.530. The third kappa shape index (κ3) is 4.33. The average Bonchev–Trinajstić information content (AvgIpc) is 2.30. The normalized spacial score (nSPS) is 12.0. The number of rotatable bonds is 5. The van der Waals surface area contributed by atoms with Gasteiger partial charge in [-0.3, -0.25) is 0 Å². The molecule has 0 saturated carbocycles. The van der Waals surface area contributed by atoms with Gasteiger partial charge in [-0.05, 0) is 40.8 Å². The molecule has 1 aromatic rings. The van der Waals surface area contributed by atoms with Gasteiger partial charge in [0, 0.05) is 10.7 Å². The van der Waals surface area contributed by atoms with Crippen molar-refractivity contribution >= 4 is 40.2 Å². The molecule has 0 aliphatic carbocycles. The van der Waals surface area contributed by atoms with Gasteiger partial charge < -0.3 is 14.2 Å². The highest BCUT2D eigenvalue weighted by Gasteiger charge is 2.22. The monoisotopic (exact) mass is 370 g/mol. The highest BCUT2D eigenvalue weighted by Crippen LogP contribution is 2.27. The van der Waals surface area contributed by atoms with E-state index in [1.54, 1.807) is 12.1 Å². The van der Waals surface area contributed by atoms with Gasteiger partial charge in [0.25, 0.3) is 0 Å². The Balaban J connectivity index is 2.82. The molecule has 17 heavy (non-hydrogen) atoms. The van der Waals surface area contributed by atoms with Crippen molar-refractivity contribution in [3.8, 4) is 5.75 Å². The maximum atomic E-state index is 11.4. The molecule has 1 unspecified atom stereocenters. The van der Waals surface area contributed by atoms with Gasteiger partial charge in [0.15, 0.2) is 0 Å². The molecule has 0 bridgehead atoms. The number of benzene rings is 1. The largest absolute Gasteiger partial charge is 0.475 e. The van der Waals surface area contributed by atoms with E-state index in [9.17, 15) is 4.79 Å². The van der Waals surface area contributed by atoms with Gasteiger partial charge in [0.2, 0.25) is 6.10 Å². The Bertz CT molecular complexity index is 397. The number of carbonyl (C=O) groups is 1. The van der Waals surface area contributed by atoms with Crippen LogP contribution in [0, 0.1) is 3.57 Å². The van der Waals surface area contributed by atoms with E-state index in [1.807, 2.05) is 6.07 Å². The maximum absolute atomic E-state index is 11.4. The van der Waals surface area contributed by atoms with E-state index in [0.29, 0.717) is 10.8 Å². The molecule has 0 heterocycles. The first-order valence-corrected chi connectivity index (χ1v) is 6.22. The van der Waals surface area contributed by atoms with Crippen LogP contribution in [0.4, 0.5) is 0 Å². The molecule has 0 aromatic heterocycles. The fourth-order valence-electron chi connectivity index (χ4n) is 1.16. The smallest absolute Gasteiger partial charge is 0.349 e. The first-order valence-electron chi connectivity index (χ1n) is 4.77. The number of carbonyl (C=O) groups excluding carboxylic acids is 1. The summed E-state index contributed by atoms with van der Waals surface area (Å²) in [6.45, 7) is 0.106. The van der Waals surface area contributed by atoms with Crippen LogP contribution < -0.4 is 4.74 Å². The summed E-state index contributed by atoms with van der Waals surface area (Å²) in [4.78, 5) is 11.4. The molecule has 0 saturated heterocycles. The molecule has 0 aliphatic heterocycles. The SMILES string of the molecule is COCC(Oc1ccc(I)cc1Cl)C(=O)OC. The lowest BCUT2D eigenvalue weighted by Crippen LogP contribution is -2.33. The summed E-state index contributed by atoms with van der Waals surface area (Å²) in [5.41, 5.74) is 0. The minimum absolute atomic E-state index is 0.106. The van der Waals surface area contributed by atoms with Crippen LogP contribution in [0.3, 0.4) is 0 Å². The number of hydrogen-bond donors (Lipinski definition) is 0. The Labute approximate surface area is 118 Å². The number of methoxy groups -OCH3 is 2. The van der Waals surface area contributed by atoms with Crippen LogP contribution in [0.15, 0.2) is 18.2 Å². The molecular formula is C11H12ClIO4. The van der Waals surface area contributed by atoms with Crippen molar-refractivity contribution in [2.45, 2.75) is 6.10 Å². The van der Waals surface area contributed by atoms with Crippen molar-refractivity contribution in [2.24, 2.45) is 0 Å². The van der Waals surface area contributed by atoms with Gasteiger partial charge in [-0.2, -0.15) is 0 Å². The predicted octanol–water partition coefficient (Wildman–Crippen LogP) is 2.51. The molecule has 1 atom stereocenters. The minimum atomic E-state index is -0.817. The number of hydrogen-bond acceptors (Lipinski definition) is 4. The quantitative estimate of drug-likeness (QED) is 0.590. The Morgan fingerprint density at radius 1 is 1.47 bits per heavy atom. The minimum Gasteiger partial charge on any atom is -0.475 e. The van der Waals surface area contributed by atoms with Crippen molar-refractivity contribution in [3.05, 3.63) is 26.8 Å². The van der Waals surface area contributed by atoms with Crippen LogP contribution in [0.25, 0.3) is 0 Å². The van der Waals surface area contributed by atoms with Crippen LogP contribution in [0.5, 0.6) is 5.75 Å². The van der Waals surface area contributed by atoms with E-state index in [-0.39, 0.29) is 6.61 Å². The van der Waals surface area contributed by atoms with E-state index in [4.69, 9.17) is 21.1 Å². The van der Waals surface area contributed by atoms with Crippen molar-refractivity contribution in [3.63, 3.8) is 0 Å². The second-order valence-corrected chi connectivity index (χ2v) is 4.81. The third-order valence-electron chi connectivity index (χ3n) is 1.95. The topological polar surface area (TPSA) is 44.8 Å². The fourth-order valence-corrected chi connectivity index (χ4v) is 2.06. The summed E-state index contributed by atoms with van der Waals surface area (Å²) in [7, 11) is 2.78. The summed E-state index contributed by atoms with van der Waals surface area (Å²) in [5, 5.41) is 0.446. The molecule has 1 aromatic carbocycles. The fraction of sp³-hybridized carbons (Fsp3) is 0.364. The van der Waals surface area contributed by atoms with Gasteiger partial charge in [0.05, 0.1) is 18.7 Å². The van der Waals surface area contributed by atoms with Crippen molar-refractivity contribution in [1.29, 1.82) is 0 Å². The molecule has 0 amide bonds. The molecule has 6 heteroatoms. The highest BCUT2D eigenvalue weighted by molar-refractivity contribution is 14.1.